The van der Waals surface area contributed by atoms with Gasteiger partial charge in [-0.2, -0.15) is 0 Å². The van der Waals surface area contributed by atoms with Crippen LogP contribution in [0.15, 0.2) is 17.5 Å². The van der Waals surface area contributed by atoms with Crippen molar-refractivity contribution in [1.82, 2.24) is 0 Å². The normalized spacial score (nSPS) is 18.5. The van der Waals surface area contributed by atoms with Gasteiger partial charge in [0.2, 0.25) is 0 Å². The van der Waals surface area contributed by atoms with Crippen LogP contribution in [0.5, 0.6) is 0 Å². The van der Waals surface area contributed by atoms with Gasteiger partial charge < -0.3 is 0 Å². The predicted octanol–water partition coefficient (Wildman–Crippen LogP) is 2.91. The Kier molecular flexibility index (Phi) is 2.49. The summed E-state index contributed by atoms with van der Waals surface area (Å²) in [5, 5.41) is 2.03. The van der Waals surface area contributed by atoms with E-state index < -0.39 is 0 Å². The van der Waals surface area contributed by atoms with Crippen molar-refractivity contribution in [3.63, 3.8) is 0 Å². The third kappa shape index (κ3) is 2.19. The Morgan fingerprint density at radius 1 is 1.69 bits per heavy atom. The van der Waals surface area contributed by atoms with Crippen LogP contribution in [0.2, 0.25) is 0 Å². The summed E-state index contributed by atoms with van der Waals surface area (Å²) in [6, 6.07) is 4.05. The van der Waals surface area contributed by atoms with Crippen molar-refractivity contribution in [3.05, 3.63) is 22.4 Å². The molecule has 0 spiro atoms. The molecule has 1 aliphatic rings. The smallest absolute Gasteiger partial charge is 0.141 e. The van der Waals surface area contributed by atoms with Crippen molar-refractivity contribution in [3.8, 4) is 0 Å². The van der Waals surface area contributed by atoms with Crippen LogP contribution in [0.1, 0.15) is 24.6 Å². The molecule has 0 aliphatic heterocycles. The van der Waals surface area contributed by atoms with Gasteiger partial charge in [-0.05, 0) is 30.2 Å². The lowest BCUT2D eigenvalue weighted by Crippen LogP contribution is -2.14. The van der Waals surface area contributed by atoms with E-state index in [-0.39, 0.29) is 0 Å². The van der Waals surface area contributed by atoms with E-state index >= 15 is 0 Å². The molecular weight excluding hydrogens is 180 g/mol. The summed E-state index contributed by atoms with van der Waals surface area (Å²) in [6.45, 7) is 2.08. The van der Waals surface area contributed by atoms with Crippen LogP contribution in [-0.2, 0) is 11.2 Å². The van der Waals surface area contributed by atoms with E-state index in [1.807, 2.05) is 17.5 Å². The zero-order valence-corrected chi connectivity index (χ0v) is 8.64. The first-order chi connectivity index (χ1) is 6.27. The van der Waals surface area contributed by atoms with Crippen LogP contribution < -0.4 is 0 Å². The summed E-state index contributed by atoms with van der Waals surface area (Å²) in [7, 11) is 0. The average Bonchev–Trinajstić information content (AvgIpc) is 2.85. The Morgan fingerprint density at radius 3 is 3.00 bits per heavy atom. The van der Waals surface area contributed by atoms with E-state index in [2.05, 4.69) is 6.92 Å². The van der Waals surface area contributed by atoms with E-state index in [9.17, 15) is 4.79 Å². The van der Waals surface area contributed by atoms with Crippen LogP contribution in [-0.4, -0.2) is 5.78 Å². The molecule has 1 atom stereocenters. The molecule has 1 fully saturated rings. The Hall–Kier alpha value is -0.630. The van der Waals surface area contributed by atoms with Gasteiger partial charge in [0, 0.05) is 17.2 Å². The molecule has 1 heterocycles. The molecule has 0 aromatic carbocycles. The number of rotatable bonds is 4. The minimum Gasteiger partial charge on any atom is -0.299 e. The summed E-state index contributed by atoms with van der Waals surface area (Å²) in [5.74, 6) is 1.42. The fraction of sp³-hybridized carbons (Fsp3) is 0.545. The van der Waals surface area contributed by atoms with E-state index in [1.165, 1.54) is 17.7 Å². The second-order valence-corrected chi connectivity index (χ2v) is 4.88. The monoisotopic (exact) mass is 194 g/mol. The second-order valence-electron chi connectivity index (χ2n) is 3.85. The topological polar surface area (TPSA) is 17.1 Å². The van der Waals surface area contributed by atoms with Crippen molar-refractivity contribution in [2.75, 3.05) is 0 Å². The largest absolute Gasteiger partial charge is 0.299 e. The molecule has 1 saturated carbocycles. The molecule has 2 heteroatoms. The molecule has 1 aliphatic carbocycles. The van der Waals surface area contributed by atoms with Crippen molar-refractivity contribution in [1.29, 1.82) is 0 Å². The molecule has 1 aromatic rings. The van der Waals surface area contributed by atoms with Crippen molar-refractivity contribution in [2.24, 2.45) is 11.8 Å². The second kappa shape index (κ2) is 3.62. The fourth-order valence-electron chi connectivity index (χ4n) is 1.60. The molecule has 0 amide bonds. The van der Waals surface area contributed by atoms with Gasteiger partial charge in [-0.15, -0.1) is 11.3 Å². The maximum absolute atomic E-state index is 11.7. The lowest BCUT2D eigenvalue weighted by atomic mass is 9.98. The van der Waals surface area contributed by atoms with E-state index in [0.29, 0.717) is 24.0 Å². The fourth-order valence-corrected chi connectivity index (χ4v) is 2.32. The van der Waals surface area contributed by atoms with Crippen LogP contribution in [0.4, 0.5) is 0 Å². The quantitative estimate of drug-likeness (QED) is 0.720. The highest BCUT2D eigenvalue weighted by atomic mass is 32.1. The summed E-state index contributed by atoms with van der Waals surface area (Å²) in [6.07, 6.45) is 3.17. The Balaban J connectivity index is 1.90. The lowest BCUT2D eigenvalue weighted by Gasteiger charge is -2.06. The van der Waals surface area contributed by atoms with Gasteiger partial charge in [-0.1, -0.05) is 13.0 Å². The summed E-state index contributed by atoms with van der Waals surface area (Å²) >= 11 is 1.68. The van der Waals surface area contributed by atoms with Crippen molar-refractivity contribution >= 4 is 17.1 Å². The Morgan fingerprint density at radius 2 is 2.46 bits per heavy atom. The van der Waals surface area contributed by atoms with Gasteiger partial charge >= 0.3 is 0 Å². The molecule has 0 saturated heterocycles. The molecule has 0 N–H and O–H groups in total. The third-order valence-corrected chi connectivity index (χ3v) is 3.64. The van der Waals surface area contributed by atoms with Gasteiger partial charge in [0.1, 0.15) is 5.78 Å². The molecular formula is C11H14OS. The van der Waals surface area contributed by atoms with Crippen molar-refractivity contribution < 1.29 is 4.79 Å². The SMILES string of the molecule is CC(C(=O)Cc1cccs1)C1CC1. The van der Waals surface area contributed by atoms with Crippen LogP contribution in [0.25, 0.3) is 0 Å². The molecule has 2 rings (SSSR count). The van der Waals surface area contributed by atoms with Gasteiger partial charge in [0.15, 0.2) is 0 Å². The standard InChI is InChI=1S/C11H14OS/c1-8(9-4-5-9)11(12)7-10-3-2-6-13-10/h2-3,6,8-9H,4-5,7H2,1H3. The predicted molar refractivity (Wildman–Crippen MR) is 54.9 cm³/mol. The minimum absolute atomic E-state index is 0.294. The number of ketones is 1. The molecule has 13 heavy (non-hydrogen) atoms. The molecule has 1 aromatic heterocycles. The third-order valence-electron chi connectivity index (χ3n) is 2.77. The molecule has 1 unspecified atom stereocenters. The zero-order chi connectivity index (χ0) is 9.26. The minimum atomic E-state index is 0.294. The van der Waals surface area contributed by atoms with Crippen LogP contribution in [0, 0.1) is 11.8 Å². The summed E-state index contributed by atoms with van der Waals surface area (Å²) in [4.78, 5) is 12.9. The van der Waals surface area contributed by atoms with Gasteiger partial charge in [0.25, 0.3) is 0 Å². The van der Waals surface area contributed by atoms with Crippen LogP contribution in [0.3, 0.4) is 0 Å². The van der Waals surface area contributed by atoms with Crippen LogP contribution >= 0.6 is 11.3 Å². The molecule has 0 radical (unpaired) electrons. The number of carbonyl (C=O) groups excluding carboxylic acids is 1. The zero-order valence-electron chi connectivity index (χ0n) is 7.82. The first-order valence-corrected chi connectivity index (χ1v) is 5.70. The summed E-state index contributed by atoms with van der Waals surface area (Å²) in [5.41, 5.74) is 0. The molecule has 70 valence electrons. The number of carbonyl (C=O) groups is 1. The maximum Gasteiger partial charge on any atom is 0.141 e. The average molecular weight is 194 g/mol. The van der Waals surface area contributed by atoms with Gasteiger partial charge in [0.05, 0.1) is 0 Å². The molecule has 1 nitrogen and oxygen atoms in total. The van der Waals surface area contributed by atoms with Gasteiger partial charge in [-0.25, -0.2) is 0 Å². The Bertz CT molecular complexity index is 285. The number of hydrogen-bond acceptors (Lipinski definition) is 2. The van der Waals surface area contributed by atoms with E-state index in [1.54, 1.807) is 11.3 Å². The number of Topliss-reactive ketones (excluding diaryl/α,β-unsaturated/α-hetero) is 1. The first kappa shape index (κ1) is 8.95. The highest BCUT2D eigenvalue weighted by molar-refractivity contribution is 7.10. The number of thiophene rings is 1. The highest BCUT2D eigenvalue weighted by Crippen LogP contribution is 2.37. The first-order valence-electron chi connectivity index (χ1n) is 4.82. The summed E-state index contributed by atoms with van der Waals surface area (Å²) < 4.78 is 0. The molecule has 0 bridgehead atoms. The van der Waals surface area contributed by atoms with E-state index in [0.717, 1.165) is 0 Å². The Labute approximate surface area is 82.8 Å². The highest BCUT2D eigenvalue weighted by Gasteiger charge is 2.32. The van der Waals surface area contributed by atoms with Gasteiger partial charge in [-0.3, -0.25) is 4.79 Å². The maximum atomic E-state index is 11.7. The lowest BCUT2D eigenvalue weighted by molar-refractivity contribution is -0.122. The van der Waals surface area contributed by atoms with E-state index in [4.69, 9.17) is 0 Å². The number of hydrogen-bond donors (Lipinski definition) is 0. The van der Waals surface area contributed by atoms with Crippen molar-refractivity contribution in [2.45, 2.75) is 26.2 Å².